The van der Waals surface area contributed by atoms with Gasteiger partial charge in [-0.05, 0) is 24.5 Å². The van der Waals surface area contributed by atoms with Crippen LogP contribution >= 0.6 is 35.6 Å². The number of halogens is 3. The lowest BCUT2D eigenvalue weighted by Crippen LogP contribution is -2.43. The number of ether oxygens (including phenoxy) is 1. The van der Waals surface area contributed by atoms with Gasteiger partial charge < -0.3 is 20.3 Å². The van der Waals surface area contributed by atoms with E-state index in [0.29, 0.717) is 17.4 Å². The molecule has 2 atom stereocenters. The molecule has 2 aromatic rings. The minimum absolute atomic E-state index is 0. The molecule has 2 unspecified atom stereocenters. The highest BCUT2D eigenvalue weighted by Crippen LogP contribution is 2.24. The average Bonchev–Trinajstić information content (AvgIpc) is 3.08. The van der Waals surface area contributed by atoms with Crippen LogP contribution < -0.4 is 11.1 Å². The fourth-order valence-electron chi connectivity index (χ4n) is 2.71. The molecule has 0 saturated carbocycles. The summed E-state index contributed by atoms with van der Waals surface area (Å²) in [5, 5.41) is 6.90. The van der Waals surface area contributed by atoms with Crippen LogP contribution in [0.1, 0.15) is 48.1 Å². The van der Waals surface area contributed by atoms with E-state index in [1.165, 1.54) is 19.2 Å². The van der Waals surface area contributed by atoms with Crippen LogP contribution in [-0.4, -0.2) is 30.2 Å². The summed E-state index contributed by atoms with van der Waals surface area (Å²) >= 11 is 12.1. The summed E-state index contributed by atoms with van der Waals surface area (Å²) in [5.41, 5.74) is 6.77. The molecule has 10 heteroatoms. The van der Waals surface area contributed by atoms with Gasteiger partial charge in [0.25, 0.3) is 5.91 Å². The maximum atomic E-state index is 12.6. The fourth-order valence-corrected chi connectivity index (χ4v) is 3.28. The third-order valence-corrected chi connectivity index (χ3v) is 4.70. The van der Waals surface area contributed by atoms with Crippen molar-refractivity contribution in [1.29, 1.82) is 0 Å². The summed E-state index contributed by atoms with van der Waals surface area (Å²) in [6.45, 7) is 4.12. The highest BCUT2D eigenvalue weighted by atomic mass is 35.5. The Hall–Kier alpha value is -1.80. The van der Waals surface area contributed by atoms with Crippen molar-refractivity contribution in [2.24, 2.45) is 11.7 Å². The zero-order chi connectivity index (χ0) is 20.8. The largest absolute Gasteiger partial charge is 0.467 e. The Kier molecular flexibility index (Phi) is 9.92. The summed E-state index contributed by atoms with van der Waals surface area (Å²) in [6, 6.07) is 5.09. The molecule has 29 heavy (non-hydrogen) atoms. The SMILES string of the molecule is COC(=O)C(Cc1cc(C(N)CC(C)C)no1)NC(=O)c1c(Cl)cccc1Cl.Cl. The highest BCUT2D eigenvalue weighted by Gasteiger charge is 2.27. The van der Waals surface area contributed by atoms with Gasteiger partial charge in [0.1, 0.15) is 17.5 Å². The van der Waals surface area contributed by atoms with E-state index < -0.39 is 17.9 Å². The number of amides is 1. The lowest BCUT2D eigenvalue weighted by molar-refractivity contribution is -0.142. The Morgan fingerprint density at radius 2 is 1.90 bits per heavy atom. The van der Waals surface area contributed by atoms with Gasteiger partial charge in [0.05, 0.1) is 28.8 Å². The van der Waals surface area contributed by atoms with Crippen molar-refractivity contribution in [2.75, 3.05) is 7.11 Å². The number of nitrogens with two attached hydrogens (primary N) is 1. The summed E-state index contributed by atoms with van der Waals surface area (Å²) in [4.78, 5) is 24.7. The maximum absolute atomic E-state index is 12.6. The molecular formula is C19H24Cl3N3O4. The van der Waals surface area contributed by atoms with E-state index in [0.717, 1.165) is 6.42 Å². The van der Waals surface area contributed by atoms with E-state index >= 15 is 0 Å². The molecule has 0 aliphatic carbocycles. The zero-order valence-corrected chi connectivity index (χ0v) is 18.6. The first-order valence-electron chi connectivity index (χ1n) is 8.76. The molecule has 1 heterocycles. The number of aromatic nitrogens is 1. The average molecular weight is 465 g/mol. The molecule has 1 amide bonds. The molecule has 2 rings (SSSR count). The lowest BCUT2D eigenvalue weighted by atomic mass is 10.0. The number of methoxy groups -OCH3 is 1. The molecule has 0 aliphatic heterocycles. The van der Waals surface area contributed by atoms with Gasteiger partial charge in [-0.1, -0.05) is 48.3 Å². The Labute approximate surface area is 185 Å². The van der Waals surface area contributed by atoms with Crippen LogP contribution in [0.25, 0.3) is 0 Å². The maximum Gasteiger partial charge on any atom is 0.328 e. The van der Waals surface area contributed by atoms with Gasteiger partial charge in [0.15, 0.2) is 0 Å². The molecule has 7 nitrogen and oxygen atoms in total. The van der Waals surface area contributed by atoms with E-state index in [4.69, 9.17) is 38.2 Å². The number of carbonyl (C=O) groups excluding carboxylic acids is 2. The topological polar surface area (TPSA) is 107 Å². The molecule has 1 aromatic heterocycles. The van der Waals surface area contributed by atoms with E-state index in [9.17, 15) is 9.59 Å². The number of esters is 1. The number of hydrogen-bond acceptors (Lipinski definition) is 6. The van der Waals surface area contributed by atoms with Crippen LogP contribution in [-0.2, 0) is 16.0 Å². The number of nitrogens with zero attached hydrogens (tertiary/aromatic N) is 1. The number of hydrogen-bond donors (Lipinski definition) is 2. The predicted molar refractivity (Wildman–Crippen MR) is 114 cm³/mol. The second-order valence-corrected chi connectivity index (χ2v) is 7.62. The summed E-state index contributed by atoms with van der Waals surface area (Å²) in [7, 11) is 1.23. The molecule has 0 aliphatic rings. The smallest absolute Gasteiger partial charge is 0.328 e. The molecule has 3 N–H and O–H groups in total. The molecule has 0 bridgehead atoms. The standard InChI is InChI=1S/C19H23Cl2N3O4.ClH/c1-10(2)7-14(22)15-8-11(28-24-15)9-16(19(26)27-3)23-18(25)17-12(20)5-4-6-13(17)21;/h4-6,8,10,14,16H,7,9,22H2,1-3H3,(H,23,25);1H. The summed E-state index contributed by atoms with van der Waals surface area (Å²) in [6.07, 6.45) is 0.788. The summed E-state index contributed by atoms with van der Waals surface area (Å²) < 4.78 is 10.1. The molecule has 0 fully saturated rings. The highest BCUT2D eigenvalue weighted by molar-refractivity contribution is 6.39. The number of benzene rings is 1. The van der Waals surface area contributed by atoms with Gasteiger partial charge >= 0.3 is 5.97 Å². The first-order valence-corrected chi connectivity index (χ1v) is 9.52. The minimum Gasteiger partial charge on any atom is -0.467 e. The third-order valence-electron chi connectivity index (χ3n) is 4.07. The molecule has 160 valence electrons. The van der Waals surface area contributed by atoms with Crippen LogP contribution in [0.5, 0.6) is 0 Å². The van der Waals surface area contributed by atoms with Crippen LogP contribution in [0.4, 0.5) is 0 Å². The van der Waals surface area contributed by atoms with Crippen LogP contribution in [0.15, 0.2) is 28.8 Å². The normalized spacial score (nSPS) is 12.8. The van der Waals surface area contributed by atoms with Gasteiger partial charge in [0, 0.05) is 12.5 Å². The van der Waals surface area contributed by atoms with Crippen molar-refractivity contribution in [2.45, 2.75) is 38.8 Å². The van der Waals surface area contributed by atoms with Crippen molar-refractivity contribution in [3.05, 3.63) is 51.3 Å². The second kappa shape index (κ2) is 11.4. The first-order chi connectivity index (χ1) is 13.2. The molecule has 0 spiro atoms. The molecule has 1 aromatic carbocycles. The Morgan fingerprint density at radius 1 is 1.28 bits per heavy atom. The van der Waals surface area contributed by atoms with Gasteiger partial charge in [-0.25, -0.2) is 4.79 Å². The minimum atomic E-state index is -1.01. The third kappa shape index (κ3) is 6.89. The molecule has 0 saturated heterocycles. The number of rotatable bonds is 8. The van der Waals surface area contributed by atoms with E-state index in [-0.39, 0.29) is 40.5 Å². The molecule has 0 radical (unpaired) electrons. The monoisotopic (exact) mass is 463 g/mol. The van der Waals surface area contributed by atoms with Gasteiger partial charge in [-0.2, -0.15) is 0 Å². The number of nitrogens with one attached hydrogen (secondary N) is 1. The van der Waals surface area contributed by atoms with Crippen LogP contribution in [0, 0.1) is 5.92 Å². The van der Waals surface area contributed by atoms with E-state index in [1.54, 1.807) is 12.1 Å². The van der Waals surface area contributed by atoms with Crippen molar-refractivity contribution >= 4 is 47.5 Å². The van der Waals surface area contributed by atoms with Crippen molar-refractivity contribution in [3.8, 4) is 0 Å². The van der Waals surface area contributed by atoms with Crippen LogP contribution in [0.3, 0.4) is 0 Å². The van der Waals surface area contributed by atoms with Gasteiger partial charge in [0.2, 0.25) is 0 Å². The predicted octanol–water partition coefficient (Wildman–Crippen LogP) is 3.96. The summed E-state index contributed by atoms with van der Waals surface area (Å²) in [5.74, 6) is -0.434. The second-order valence-electron chi connectivity index (χ2n) is 6.80. The Bertz CT molecular complexity index is 822. The van der Waals surface area contributed by atoms with Crippen molar-refractivity contribution in [3.63, 3.8) is 0 Å². The fraction of sp³-hybridized carbons (Fsp3) is 0.421. The molecular weight excluding hydrogens is 441 g/mol. The van der Waals surface area contributed by atoms with Crippen molar-refractivity contribution < 1.29 is 18.8 Å². The first kappa shape index (κ1) is 25.2. The Morgan fingerprint density at radius 3 is 2.45 bits per heavy atom. The zero-order valence-electron chi connectivity index (χ0n) is 16.3. The van der Waals surface area contributed by atoms with E-state index in [2.05, 4.69) is 24.3 Å². The van der Waals surface area contributed by atoms with Crippen LogP contribution in [0.2, 0.25) is 10.0 Å². The van der Waals surface area contributed by atoms with Gasteiger partial charge in [-0.15, -0.1) is 12.4 Å². The quantitative estimate of drug-likeness (QED) is 0.573. The van der Waals surface area contributed by atoms with E-state index in [1.807, 2.05) is 0 Å². The lowest BCUT2D eigenvalue weighted by Gasteiger charge is -2.16. The van der Waals surface area contributed by atoms with Crippen molar-refractivity contribution in [1.82, 2.24) is 10.5 Å². The Balaban J connectivity index is 0.00000420. The number of carbonyl (C=O) groups is 2. The van der Waals surface area contributed by atoms with Gasteiger partial charge in [-0.3, -0.25) is 4.79 Å².